The van der Waals surface area contributed by atoms with Crippen LogP contribution >= 0.6 is 28.3 Å². The van der Waals surface area contributed by atoms with Crippen LogP contribution in [0.15, 0.2) is 28.7 Å². The topological polar surface area (TPSA) is 55.1 Å². The highest BCUT2D eigenvalue weighted by Gasteiger charge is 2.19. The predicted octanol–water partition coefficient (Wildman–Crippen LogP) is 3.03. The molecule has 0 fully saturated rings. The largest absolute Gasteiger partial charge is 0.349 e. The molecular weight excluding hydrogens is 316 g/mol. The molecule has 0 saturated carbocycles. The minimum Gasteiger partial charge on any atom is -0.349 e. The van der Waals surface area contributed by atoms with Gasteiger partial charge in [-0.15, -0.1) is 12.4 Å². The van der Waals surface area contributed by atoms with Gasteiger partial charge in [0, 0.05) is 16.4 Å². The van der Waals surface area contributed by atoms with Crippen LogP contribution in [0.2, 0.25) is 0 Å². The van der Waals surface area contributed by atoms with Gasteiger partial charge in [-0.1, -0.05) is 35.0 Å². The summed E-state index contributed by atoms with van der Waals surface area (Å²) in [6.07, 6.45) is 0. The van der Waals surface area contributed by atoms with Gasteiger partial charge in [-0.3, -0.25) is 4.79 Å². The van der Waals surface area contributed by atoms with E-state index in [1.54, 1.807) is 0 Å². The van der Waals surface area contributed by atoms with E-state index >= 15 is 0 Å². The lowest BCUT2D eigenvalue weighted by Crippen LogP contribution is -2.39. The Hall–Kier alpha value is -0.580. The Kier molecular flexibility index (Phi) is 7.52. The van der Waals surface area contributed by atoms with E-state index in [1.807, 2.05) is 45.0 Å². The van der Waals surface area contributed by atoms with E-state index < -0.39 is 0 Å². The molecule has 0 radical (unpaired) electrons. The fraction of sp³-hybridized carbons (Fsp3) is 0.462. The molecule has 0 spiro atoms. The van der Waals surface area contributed by atoms with Crippen LogP contribution in [0.3, 0.4) is 0 Å². The number of halogens is 2. The number of carbonyl (C=O) groups excluding carboxylic acids is 1. The highest BCUT2D eigenvalue weighted by molar-refractivity contribution is 9.10. The highest BCUT2D eigenvalue weighted by atomic mass is 79.9. The molecule has 1 amide bonds. The molecule has 0 saturated heterocycles. The van der Waals surface area contributed by atoms with Gasteiger partial charge in [0.05, 0.1) is 6.04 Å². The number of benzene rings is 1. The van der Waals surface area contributed by atoms with Crippen molar-refractivity contribution in [2.45, 2.75) is 32.9 Å². The van der Waals surface area contributed by atoms with Gasteiger partial charge in [0.15, 0.2) is 0 Å². The molecule has 5 heteroatoms. The lowest BCUT2D eigenvalue weighted by Gasteiger charge is -2.20. The normalized spacial score (nSPS) is 15.2. The maximum Gasteiger partial charge on any atom is 0.224 e. The quantitative estimate of drug-likeness (QED) is 0.888. The molecule has 0 heterocycles. The average Bonchev–Trinajstić information content (AvgIpc) is 2.27. The third-order valence-corrected chi connectivity index (χ3v) is 3.40. The number of nitrogens with one attached hydrogen (secondary N) is 1. The van der Waals surface area contributed by atoms with E-state index in [2.05, 4.69) is 21.2 Å². The summed E-state index contributed by atoms with van der Waals surface area (Å²) in [5.41, 5.74) is 6.78. The zero-order chi connectivity index (χ0) is 13.0. The van der Waals surface area contributed by atoms with Crippen LogP contribution in [0.5, 0.6) is 0 Å². The SMILES string of the molecule is CC(NC(=O)C(C)C(C)N)c1cccc(Br)c1.Cl. The third-order valence-electron chi connectivity index (χ3n) is 2.91. The Balaban J connectivity index is 0.00000289. The molecule has 0 aliphatic rings. The van der Waals surface area contributed by atoms with Gasteiger partial charge in [0.2, 0.25) is 5.91 Å². The van der Waals surface area contributed by atoms with E-state index in [0.29, 0.717) is 0 Å². The number of rotatable bonds is 4. The second-order valence-corrected chi connectivity index (χ2v) is 5.35. The van der Waals surface area contributed by atoms with Crippen LogP contribution in [0.25, 0.3) is 0 Å². The van der Waals surface area contributed by atoms with Crippen LogP contribution < -0.4 is 11.1 Å². The molecule has 3 N–H and O–H groups in total. The Bertz CT molecular complexity index is 398. The van der Waals surface area contributed by atoms with Crippen LogP contribution in [0.1, 0.15) is 32.4 Å². The van der Waals surface area contributed by atoms with Gasteiger partial charge in [0.25, 0.3) is 0 Å². The van der Waals surface area contributed by atoms with Crippen molar-refractivity contribution >= 4 is 34.2 Å². The second kappa shape index (κ2) is 7.77. The van der Waals surface area contributed by atoms with Crippen molar-refractivity contribution in [1.29, 1.82) is 0 Å². The molecule has 0 aliphatic carbocycles. The van der Waals surface area contributed by atoms with Crippen molar-refractivity contribution in [1.82, 2.24) is 5.32 Å². The third kappa shape index (κ3) is 4.96. The molecule has 1 rings (SSSR count). The van der Waals surface area contributed by atoms with Crippen LogP contribution in [-0.2, 0) is 4.79 Å². The summed E-state index contributed by atoms with van der Waals surface area (Å²) in [6.45, 7) is 5.65. The predicted molar refractivity (Wildman–Crippen MR) is 80.8 cm³/mol. The fourth-order valence-corrected chi connectivity index (χ4v) is 1.86. The van der Waals surface area contributed by atoms with Gasteiger partial charge in [0.1, 0.15) is 0 Å². The van der Waals surface area contributed by atoms with Gasteiger partial charge >= 0.3 is 0 Å². The first kappa shape index (κ1) is 17.4. The summed E-state index contributed by atoms with van der Waals surface area (Å²) in [4.78, 5) is 11.9. The first-order valence-corrected chi connectivity index (χ1v) is 6.52. The molecule has 102 valence electrons. The summed E-state index contributed by atoms with van der Waals surface area (Å²) in [6, 6.07) is 7.76. The Morgan fingerprint density at radius 1 is 1.33 bits per heavy atom. The number of hydrogen-bond acceptors (Lipinski definition) is 2. The van der Waals surface area contributed by atoms with Crippen LogP contribution in [-0.4, -0.2) is 11.9 Å². The van der Waals surface area contributed by atoms with Crippen molar-refractivity contribution < 1.29 is 4.79 Å². The molecule has 1 aromatic carbocycles. The minimum absolute atomic E-state index is 0. The lowest BCUT2D eigenvalue weighted by molar-refractivity contribution is -0.125. The number of carbonyl (C=O) groups is 1. The van der Waals surface area contributed by atoms with E-state index in [1.165, 1.54) is 0 Å². The monoisotopic (exact) mass is 334 g/mol. The van der Waals surface area contributed by atoms with Crippen LogP contribution in [0.4, 0.5) is 0 Å². The Morgan fingerprint density at radius 2 is 1.94 bits per heavy atom. The van der Waals surface area contributed by atoms with Gasteiger partial charge < -0.3 is 11.1 Å². The number of nitrogens with two attached hydrogens (primary N) is 1. The molecule has 0 aliphatic heterocycles. The van der Waals surface area contributed by atoms with E-state index in [0.717, 1.165) is 10.0 Å². The zero-order valence-electron chi connectivity index (χ0n) is 10.8. The maximum absolute atomic E-state index is 11.9. The summed E-state index contributed by atoms with van der Waals surface area (Å²) in [5.74, 6) is -0.183. The highest BCUT2D eigenvalue weighted by Crippen LogP contribution is 2.18. The Labute approximate surface area is 123 Å². The van der Waals surface area contributed by atoms with Crippen molar-refractivity contribution in [2.75, 3.05) is 0 Å². The summed E-state index contributed by atoms with van der Waals surface area (Å²) in [7, 11) is 0. The van der Waals surface area contributed by atoms with E-state index in [9.17, 15) is 4.79 Å². The summed E-state index contributed by atoms with van der Waals surface area (Å²) < 4.78 is 1.01. The summed E-state index contributed by atoms with van der Waals surface area (Å²) >= 11 is 3.42. The minimum atomic E-state index is -0.176. The molecule has 3 nitrogen and oxygen atoms in total. The summed E-state index contributed by atoms with van der Waals surface area (Å²) in [5, 5.41) is 2.96. The molecule has 0 aromatic heterocycles. The smallest absolute Gasteiger partial charge is 0.224 e. The molecular formula is C13H20BrClN2O. The fourth-order valence-electron chi connectivity index (χ4n) is 1.44. The first-order chi connectivity index (χ1) is 7.91. The van der Waals surface area contributed by atoms with Gasteiger partial charge in [-0.25, -0.2) is 0 Å². The van der Waals surface area contributed by atoms with Crippen molar-refractivity contribution in [3.05, 3.63) is 34.3 Å². The lowest BCUT2D eigenvalue weighted by atomic mass is 10.0. The molecule has 3 atom stereocenters. The van der Waals surface area contributed by atoms with Gasteiger partial charge in [-0.2, -0.15) is 0 Å². The van der Waals surface area contributed by atoms with Crippen molar-refractivity contribution in [3.63, 3.8) is 0 Å². The molecule has 1 aromatic rings. The first-order valence-electron chi connectivity index (χ1n) is 5.73. The van der Waals surface area contributed by atoms with Crippen molar-refractivity contribution in [2.24, 2.45) is 11.7 Å². The molecule has 18 heavy (non-hydrogen) atoms. The number of amides is 1. The maximum atomic E-state index is 11.9. The average molecular weight is 336 g/mol. The zero-order valence-corrected chi connectivity index (χ0v) is 13.2. The van der Waals surface area contributed by atoms with Crippen LogP contribution in [0, 0.1) is 5.92 Å². The number of hydrogen-bond donors (Lipinski definition) is 2. The van der Waals surface area contributed by atoms with E-state index in [-0.39, 0.29) is 36.3 Å². The molecule has 0 bridgehead atoms. The van der Waals surface area contributed by atoms with Crippen molar-refractivity contribution in [3.8, 4) is 0 Å². The standard InChI is InChI=1S/C13H19BrN2O.ClH/c1-8(9(2)15)13(17)16-10(3)11-5-4-6-12(14)7-11;/h4-10H,15H2,1-3H3,(H,16,17);1H. The Morgan fingerprint density at radius 3 is 2.44 bits per heavy atom. The second-order valence-electron chi connectivity index (χ2n) is 4.43. The van der Waals surface area contributed by atoms with Gasteiger partial charge in [-0.05, 0) is 31.5 Å². The van der Waals surface area contributed by atoms with E-state index in [4.69, 9.17) is 5.73 Å². The molecule has 3 unspecified atom stereocenters.